The molecule has 2 aliphatic rings. The Labute approximate surface area is 306 Å². The van der Waals surface area contributed by atoms with Crippen molar-refractivity contribution in [1.29, 1.82) is 0 Å². The molecule has 6 rings (SSSR count). The molecule has 0 aliphatic heterocycles. The average molecular weight is 692 g/mol. The average Bonchev–Trinajstić information content (AvgIpc) is 3.50. The van der Waals surface area contributed by atoms with E-state index in [1.165, 1.54) is 46.4 Å². The van der Waals surface area contributed by atoms with Gasteiger partial charge in [0.15, 0.2) is 0 Å². The molecule has 4 aromatic carbocycles. The number of hydrogen-bond donors (Lipinski definition) is 1. The molecule has 1 saturated carbocycles. The minimum Gasteiger partial charge on any atom is 0 e. The van der Waals surface area contributed by atoms with Crippen LogP contribution in [0, 0.1) is 5.92 Å². The third kappa shape index (κ3) is 9.01. The van der Waals surface area contributed by atoms with Crippen molar-refractivity contribution in [2.24, 2.45) is 5.92 Å². The van der Waals surface area contributed by atoms with E-state index in [4.69, 9.17) is 0 Å². The second-order valence-electron chi connectivity index (χ2n) is 15.0. The first-order chi connectivity index (χ1) is 22.0. The van der Waals surface area contributed by atoms with E-state index in [1.807, 2.05) is 0 Å². The van der Waals surface area contributed by atoms with Gasteiger partial charge in [0.1, 0.15) is 8.24 Å². The van der Waals surface area contributed by atoms with E-state index < -0.39 is 15.5 Å². The van der Waals surface area contributed by atoms with Crippen LogP contribution in [0.5, 0.6) is 0 Å². The largest absolute Gasteiger partial charge is 0 e. The van der Waals surface area contributed by atoms with Crippen LogP contribution >= 0.6 is 7.26 Å². The van der Waals surface area contributed by atoms with Gasteiger partial charge < -0.3 is 4.98 Å². The molecule has 0 bridgehead atoms. The summed E-state index contributed by atoms with van der Waals surface area (Å²) in [4.78, 5) is 6.18. The fraction of sp³-hybridized carbons (Fsp3) is 0.333. The van der Waals surface area contributed by atoms with Crippen molar-refractivity contribution in [3.05, 3.63) is 145 Å². The second-order valence-corrected chi connectivity index (χ2v) is 23.2. The zero-order valence-electron chi connectivity index (χ0n) is 29.7. The number of benzene rings is 4. The van der Waals surface area contributed by atoms with Crippen LogP contribution < -0.4 is 25.8 Å². The zero-order chi connectivity index (χ0) is 32.8. The quantitative estimate of drug-likeness (QED) is 0.146. The molecule has 1 fully saturated rings. The van der Waals surface area contributed by atoms with Crippen LogP contribution in [0.3, 0.4) is 0 Å². The van der Waals surface area contributed by atoms with E-state index in [0.29, 0.717) is 0 Å². The SMILES string of the molecule is CC(C)(C)N[Si](C)(C)C1CCC2CC=CC=C21.CN(C)c1ccccc1C[PH](c1ccccc1)(c1ccccc1)c1ccccc1.[Sc]. The summed E-state index contributed by atoms with van der Waals surface area (Å²) in [5.74, 6) is 0.860. The molecule has 47 heavy (non-hydrogen) atoms. The molecule has 0 amide bonds. The summed E-state index contributed by atoms with van der Waals surface area (Å²) in [7, 11) is 0.634. The standard InChI is InChI=1S/C27H28NP.C15H27NSi.Sc/c1-28(2)27-21-13-12-14-23(27)22-29(24-15-6-3-7-16-24,25-17-8-4-9-18-25)26-19-10-5-11-20-26;1-15(2,3)16-17(4,5)14-11-10-12-8-6-7-9-13(12)14;/h3-21,29H,22H2,1-2H3;6-7,9,12,14,16H,8,10-11H2,1-5H3;. The monoisotopic (exact) mass is 691 g/mol. The Morgan fingerprint density at radius 3 is 1.70 bits per heavy atom. The Hall–Kier alpha value is -2.36. The van der Waals surface area contributed by atoms with Gasteiger partial charge in [-0.15, -0.1) is 0 Å². The maximum atomic E-state index is 3.94. The molecule has 0 heterocycles. The third-order valence-corrected chi connectivity index (χ3v) is 18.4. The first-order valence-electron chi connectivity index (χ1n) is 17.1. The maximum Gasteiger partial charge on any atom is 0 e. The molecule has 1 radical (unpaired) electrons. The molecule has 245 valence electrons. The molecular formula is C42H55N2PScSi. The minimum atomic E-state index is -2.27. The molecule has 2 unspecified atom stereocenters. The van der Waals surface area contributed by atoms with E-state index in [1.54, 1.807) is 5.57 Å². The Balaban J connectivity index is 0.000000238. The zero-order valence-corrected chi connectivity index (χ0v) is 33.5. The molecule has 2 nitrogen and oxygen atoms in total. The fourth-order valence-corrected chi connectivity index (χ4v) is 17.0. The van der Waals surface area contributed by atoms with Crippen molar-refractivity contribution in [3.8, 4) is 0 Å². The number of hydrogen-bond acceptors (Lipinski definition) is 2. The smallest absolute Gasteiger partial charge is 0 e. The van der Waals surface area contributed by atoms with Crippen molar-refractivity contribution in [1.82, 2.24) is 4.98 Å². The number of nitrogens with zero attached hydrogens (tertiary/aromatic N) is 1. The molecule has 4 aromatic rings. The Bertz CT molecular complexity index is 1510. The van der Waals surface area contributed by atoms with Gasteiger partial charge in [0, 0.05) is 31.4 Å². The van der Waals surface area contributed by atoms with Crippen LogP contribution in [0.2, 0.25) is 18.6 Å². The Morgan fingerprint density at radius 2 is 1.21 bits per heavy atom. The number of nitrogens with one attached hydrogen (secondary N) is 1. The van der Waals surface area contributed by atoms with Crippen molar-refractivity contribution in [2.45, 2.75) is 70.4 Å². The Morgan fingerprint density at radius 1 is 0.723 bits per heavy atom. The van der Waals surface area contributed by atoms with Crippen molar-refractivity contribution in [3.63, 3.8) is 0 Å². The van der Waals surface area contributed by atoms with E-state index >= 15 is 0 Å². The molecule has 0 aromatic heterocycles. The molecular weight excluding hydrogens is 636 g/mol. The van der Waals surface area contributed by atoms with Gasteiger partial charge in [-0.3, -0.25) is 0 Å². The van der Waals surface area contributed by atoms with Gasteiger partial charge in [-0.05, 0) is 51.5 Å². The summed E-state index contributed by atoms with van der Waals surface area (Å²) in [6, 6.07) is 42.2. The van der Waals surface area contributed by atoms with Crippen LogP contribution in [0.25, 0.3) is 0 Å². The first-order valence-corrected chi connectivity index (χ1v) is 22.4. The number of allylic oxidation sites excluding steroid dienone is 4. The van der Waals surface area contributed by atoms with Crippen LogP contribution in [-0.4, -0.2) is 27.9 Å². The third-order valence-electron chi connectivity index (χ3n) is 9.82. The number of rotatable bonds is 8. The summed E-state index contributed by atoms with van der Waals surface area (Å²) in [6.45, 7) is 11.9. The molecule has 1 N–H and O–H groups in total. The molecule has 0 spiro atoms. The van der Waals surface area contributed by atoms with Crippen LogP contribution in [0.4, 0.5) is 5.69 Å². The van der Waals surface area contributed by atoms with Gasteiger partial charge in [0.25, 0.3) is 0 Å². The van der Waals surface area contributed by atoms with Gasteiger partial charge in [0.05, 0.1) is 0 Å². The molecule has 0 saturated heterocycles. The van der Waals surface area contributed by atoms with Crippen LogP contribution in [0.15, 0.2) is 139 Å². The van der Waals surface area contributed by atoms with E-state index in [-0.39, 0.29) is 31.4 Å². The molecule has 2 aliphatic carbocycles. The fourth-order valence-electron chi connectivity index (χ4n) is 8.10. The topological polar surface area (TPSA) is 15.3 Å². The number of para-hydroxylation sites is 1. The van der Waals surface area contributed by atoms with Gasteiger partial charge in [-0.2, -0.15) is 0 Å². The summed E-state index contributed by atoms with van der Waals surface area (Å²) in [5.41, 5.74) is 5.55. The first kappa shape index (κ1) is 37.5. The number of anilines is 1. The van der Waals surface area contributed by atoms with Crippen LogP contribution in [0.1, 0.15) is 45.6 Å². The molecule has 2 atom stereocenters. The van der Waals surface area contributed by atoms with Gasteiger partial charge in [-0.1, -0.05) is 36.9 Å². The van der Waals surface area contributed by atoms with Gasteiger partial charge >= 0.3 is 175 Å². The normalized spacial score (nSPS) is 17.8. The summed E-state index contributed by atoms with van der Waals surface area (Å²) >= 11 is 0. The second kappa shape index (κ2) is 16.4. The van der Waals surface area contributed by atoms with E-state index in [2.05, 4.69) is 191 Å². The van der Waals surface area contributed by atoms with Crippen molar-refractivity contribution in [2.75, 3.05) is 19.0 Å². The summed E-state index contributed by atoms with van der Waals surface area (Å²) in [6.07, 6.45) is 12.1. The summed E-state index contributed by atoms with van der Waals surface area (Å²) < 4.78 is 0. The van der Waals surface area contributed by atoms with E-state index in [0.717, 1.165) is 17.6 Å². The van der Waals surface area contributed by atoms with Gasteiger partial charge in [0.2, 0.25) is 0 Å². The van der Waals surface area contributed by atoms with Crippen LogP contribution in [-0.2, 0) is 32.0 Å². The number of fused-ring (bicyclic) bond motifs is 1. The van der Waals surface area contributed by atoms with E-state index in [9.17, 15) is 0 Å². The summed E-state index contributed by atoms with van der Waals surface area (Å²) in [5, 5.41) is 4.35. The maximum absolute atomic E-state index is 3.94. The predicted molar refractivity (Wildman–Crippen MR) is 210 cm³/mol. The van der Waals surface area contributed by atoms with Crippen molar-refractivity contribution < 1.29 is 25.8 Å². The Kier molecular flexibility index (Phi) is 13.0. The minimum absolute atomic E-state index is 0. The molecule has 5 heteroatoms. The predicted octanol–water partition coefficient (Wildman–Crippen LogP) is 9.22. The van der Waals surface area contributed by atoms with Gasteiger partial charge in [-0.25, -0.2) is 0 Å². The van der Waals surface area contributed by atoms with Crippen molar-refractivity contribution >= 4 is 37.1 Å².